The molecule has 1 aromatic rings. The number of rotatable bonds is 7. The Morgan fingerprint density at radius 3 is 2.84 bits per heavy atom. The lowest BCUT2D eigenvalue weighted by molar-refractivity contribution is -0.118. The van der Waals surface area contributed by atoms with Crippen LogP contribution in [-0.4, -0.2) is 43.0 Å². The fourth-order valence-corrected chi connectivity index (χ4v) is 2.21. The van der Waals surface area contributed by atoms with Gasteiger partial charge in [-0.1, -0.05) is 11.6 Å². The number of halogens is 1. The van der Waals surface area contributed by atoms with Gasteiger partial charge in [0.05, 0.1) is 22.9 Å². The Kier molecular flexibility index (Phi) is 6.69. The molecule has 2 N–H and O–H groups in total. The van der Waals surface area contributed by atoms with E-state index in [0.717, 1.165) is 0 Å². The van der Waals surface area contributed by atoms with E-state index in [2.05, 4.69) is 5.32 Å². The molecule has 1 amide bonds. The van der Waals surface area contributed by atoms with Crippen LogP contribution >= 0.6 is 23.4 Å². The molecule has 7 heteroatoms. The maximum atomic E-state index is 11.4. The summed E-state index contributed by atoms with van der Waals surface area (Å²) in [5, 5.41) is 11.8. The van der Waals surface area contributed by atoms with Gasteiger partial charge in [-0.05, 0) is 18.2 Å². The van der Waals surface area contributed by atoms with Crippen molar-refractivity contribution in [1.29, 1.82) is 0 Å². The molecule has 1 rings (SSSR count). The highest BCUT2D eigenvalue weighted by molar-refractivity contribution is 8.00. The molecule has 0 aliphatic carbocycles. The molecule has 0 saturated carbocycles. The molecule has 0 radical (unpaired) electrons. The Bertz CT molecular complexity index is 467. The number of hydrogen-bond acceptors (Lipinski definition) is 4. The minimum Gasteiger partial charge on any atom is -0.478 e. The third kappa shape index (κ3) is 5.50. The van der Waals surface area contributed by atoms with Crippen LogP contribution in [0.15, 0.2) is 23.1 Å². The number of carboxylic acids is 1. The number of benzene rings is 1. The van der Waals surface area contributed by atoms with Crippen LogP contribution in [0.3, 0.4) is 0 Å². The van der Waals surface area contributed by atoms with Crippen molar-refractivity contribution in [3.05, 3.63) is 28.8 Å². The Morgan fingerprint density at radius 1 is 1.47 bits per heavy atom. The van der Waals surface area contributed by atoms with Gasteiger partial charge >= 0.3 is 5.97 Å². The van der Waals surface area contributed by atoms with Crippen LogP contribution < -0.4 is 5.32 Å². The van der Waals surface area contributed by atoms with Crippen molar-refractivity contribution in [2.45, 2.75) is 4.90 Å². The fraction of sp³-hybridized carbons (Fsp3) is 0.333. The molecule has 0 heterocycles. The Labute approximate surface area is 120 Å². The largest absolute Gasteiger partial charge is 0.478 e. The highest BCUT2D eigenvalue weighted by atomic mass is 35.5. The molecular weight excluding hydrogens is 290 g/mol. The number of ether oxygens (including phenoxy) is 1. The van der Waals surface area contributed by atoms with Gasteiger partial charge in [0.15, 0.2) is 0 Å². The lowest BCUT2D eigenvalue weighted by Crippen LogP contribution is -2.28. The van der Waals surface area contributed by atoms with Crippen molar-refractivity contribution in [3.63, 3.8) is 0 Å². The Hall–Kier alpha value is -1.24. The van der Waals surface area contributed by atoms with Crippen LogP contribution in [-0.2, 0) is 9.53 Å². The smallest absolute Gasteiger partial charge is 0.337 e. The van der Waals surface area contributed by atoms with Crippen molar-refractivity contribution < 1.29 is 19.4 Å². The van der Waals surface area contributed by atoms with Gasteiger partial charge < -0.3 is 15.2 Å². The van der Waals surface area contributed by atoms with Gasteiger partial charge in [-0.3, -0.25) is 4.79 Å². The highest BCUT2D eigenvalue weighted by Crippen LogP contribution is 2.24. The van der Waals surface area contributed by atoms with E-state index in [1.807, 2.05) is 0 Å². The van der Waals surface area contributed by atoms with Crippen LogP contribution in [0.25, 0.3) is 0 Å². The third-order valence-electron chi connectivity index (χ3n) is 2.17. The summed E-state index contributed by atoms with van der Waals surface area (Å²) in [6.45, 7) is 0.914. The Balaban J connectivity index is 2.51. The molecule has 5 nitrogen and oxygen atoms in total. The van der Waals surface area contributed by atoms with E-state index in [-0.39, 0.29) is 22.2 Å². The second-order valence-corrected chi connectivity index (χ2v) is 5.03. The van der Waals surface area contributed by atoms with E-state index in [1.54, 1.807) is 13.2 Å². The molecule has 104 valence electrons. The first-order valence-corrected chi connectivity index (χ1v) is 6.82. The van der Waals surface area contributed by atoms with Gasteiger partial charge in [-0.25, -0.2) is 4.79 Å². The molecule has 0 saturated heterocycles. The number of methoxy groups -OCH3 is 1. The zero-order valence-electron chi connectivity index (χ0n) is 10.3. The zero-order chi connectivity index (χ0) is 14.3. The average Bonchev–Trinajstić information content (AvgIpc) is 2.37. The van der Waals surface area contributed by atoms with Crippen molar-refractivity contribution in [2.24, 2.45) is 0 Å². The third-order valence-corrected chi connectivity index (χ3v) is 3.49. The lowest BCUT2D eigenvalue weighted by Gasteiger charge is -2.06. The zero-order valence-corrected chi connectivity index (χ0v) is 11.9. The van der Waals surface area contributed by atoms with E-state index in [4.69, 9.17) is 21.4 Å². The fourth-order valence-electron chi connectivity index (χ4n) is 1.25. The van der Waals surface area contributed by atoms with Crippen LogP contribution in [0, 0.1) is 0 Å². The summed E-state index contributed by atoms with van der Waals surface area (Å²) < 4.78 is 4.81. The van der Waals surface area contributed by atoms with Crippen LogP contribution in [0.4, 0.5) is 0 Å². The maximum absolute atomic E-state index is 11.4. The molecule has 0 fully saturated rings. The van der Waals surface area contributed by atoms with Crippen molar-refractivity contribution in [1.82, 2.24) is 5.32 Å². The van der Waals surface area contributed by atoms with Gasteiger partial charge in [0.25, 0.3) is 0 Å². The second kappa shape index (κ2) is 8.04. The van der Waals surface area contributed by atoms with E-state index in [0.29, 0.717) is 18.0 Å². The molecule has 1 aromatic carbocycles. The number of carbonyl (C=O) groups is 2. The molecule has 0 aromatic heterocycles. The van der Waals surface area contributed by atoms with E-state index in [1.165, 1.54) is 23.9 Å². The predicted octanol–water partition coefficient (Wildman–Crippen LogP) is 1.89. The topological polar surface area (TPSA) is 75.6 Å². The highest BCUT2D eigenvalue weighted by Gasteiger charge is 2.10. The predicted molar refractivity (Wildman–Crippen MR) is 74.0 cm³/mol. The molecule has 0 spiro atoms. The van der Waals surface area contributed by atoms with Crippen molar-refractivity contribution in [2.75, 3.05) is 26.0 Å². The number of carbonyl (C=O) groups excluding carboxylic acids is 1. The van der Waals surface area contributed by atoms with Crippen LogP contribution in [0.5, 0.6) is 0 Å². The lowest BCUT2D eigenvalue weighted by atomic mass is 10.2. The number of amides is 1. The summed E-state index contributed by atoms with van der Waals surface area (Å²) >= 11 is 7.01. The average molecular weight is 304 g/mol. The maximum Gasteiger partial charge on any atom is 0.337 e. The van der Waals surface area contributed by atoms with Crippen molar-refractivity contribution in [3.8, 4) is 0 Å². The first-order valence-electron chi connectivity index (χ1n) is 5.46. The van der Waals surface area contributed by atoms with Gasteiger partial charge in [-0.2, -0.15) is 0 Å². The monoisotopic (exact) mass is 303 g/mol. The minimum absolute atomic E-state index is 0.0338. The van der Waals surface area contributed by atoms with Crippen LogP contribution in [0.2, 0.25) is 5.02 Å². The van der Waals surface area contributed by atoms with Gasteiger partial charge in [-0.15, -0.1) is 11.8 Å². The summed E-state index contributed by atoms with van der Waals surface area (Å²) in [6, 6.07) is 4.65. The second-order valence-electron chi connectivity index (χ2n) is 3.58. The molecule has 0 aliphatic rings. The quantitative estimate of drug-likeness (QED) is 0.594. The summed E-state index contributed by atoms with van der Waals surface area (Å²) in [4.78, 5) is 23.0. The number of carboxylic acid groups (broad SMARTS) is 1. The van der Waals surface area contributed by atoms with Crippen molar-refractivity contribution >= 4 is 35.2 Å². The summed E-state index contributed by atoms with van der Waals surface area (Å²) in [7, 11) is 1.56. The van der Waals surface area contributed by atoms with Gasteiger partial charge in [0.1, 0.15) is 0 Å². The molecule has 0 atom stereocenters. The van der Waals surface area contributed by atoms with E-state index < -0.39 is 5.97 Å². The number of aromatic carboxylic acids is 1. The number of hydrogen-bond donors (Lipinski definition) is 2. The first-order chi connectivity index (χ1) is 9.04. The first kappa shape index (κ1) is 15.8. The minimum atomic E-state index is -1.09. The molecule has 0 unspecified atom stereocenters. The van der Waals surface area contributed by atoms with E-state index >= 15 is 0 Å². The summed E-state index contributed by atoms with van der Waals surface area (Å²) in [6.07, 6.45) is 0. The number of thioether (sulfide) groups is 1. The van der Waals surface area contributed by atoms with Crippen LogP contribution in [0.1, 0.15) is 10.4 Å². The molecule has 19 heavy (non-hydrogen) atoms. The summed E-state index contributed by atoms with van der Waals surface area (Å²) in [5.74, 6) is -1.00. The number of nitrogens with one attached hydrogen (secondary N) is 1. The van der Waals surface area contributed by atoms with Gasteiger partial charge in [0, 0.05) is 18.6 Å². The molecule has 0 bridgehead atoms. The van der Waals surface area contributed by atoms with E-state index in [9.17, 15) is 9.59 Å². The standard InChI is InChI=1S/C12H14ClNO4S/c1-18-5-4-14-11(15)7-19-8-2-3-10(13)9(6-8)12(16)17/h2-3,6H,4-5,7H2,1H3,(H,14,15)(H,16,17). The normalized spacial score (nSPS) is 10.2. The summed E-state index contributed by atoms with van der Waals surface area (Å²) in [5.41, 5.74) is 0.0338. The van der Waals surface area contributed by atoms with Gasteiger partial charge in [0.2, 0.25) is 5.91 Å². The molecular formula is C12H14ClNO4S. The Morgan fingerprint density at radius 2 is 2.21 bits per heavy atom. The molecule has 0 aliphatic heterocycles. The SMILES string of the molecule is COCCNC(=O)CSc1ccc(Cl)c(C(=O)O)c1.